The van der Waals surface area contributed by atoms with Gasteiger partial charge in [-0.05, 0) is 39.0 Å². The molecule has 3 heterocycles. The van der Waals surface area contributed by atoms with Gasteiger partial charge in [-0.3, -0.25) is 4.68 Å². The SMILES string of the molecule is Cc1nnc(NCCn2cccn2)c2c(C)n(-c3ccc(OCCl)cc3OCl)c(C)c12. The van der Waals surface area contributed by atoms with Crippen LogP contribution in [0.15, 0.2) is 36.7 Å². The molecular weight excluding hydrogens is 439 g/mol. The third-order valence-electron chi connectivity index (χ3n) is 5.21. The van der Waals surface area contributed by atoms with Gasteiger partial charge in [0.1, 0.15) is 17.6 Å². The fraction of sp³-hybridized carbons (Fsp3) is 0.286. The summed E-state index contributed by atoms with van der Waals surface area (Å²) in [7, 11) is 0. The summed E-state index contributed by atoms with van der Waals surface area (Å²) in [5.41, 5.74) is 3.64. The quantitative estimate of drug-likeness (QED) is 0.381. The van der Waals surface area contributed by atoms with Gasteiger partial charge in [-0.25, -0.2) is 0 Å². The molecule has 162 valence electrons. The molecule has 1 aromatic carbocycles. The van der Waals surface area contributed by atoms with Gasteiger partial charge in [0.05, 0.1) is 17.9 Å². The van der Waals surface area contributed by atoms with Crippen LogP contribution in [0.5, 0.6) is 11.5 Å². The van der Waals surface area contributed by atoms with Crippen LogP contribution in [-0.4, -0.2) is 37.2 Å². The van der Waals surface area contributed by atoms with E-state index in [4.69, 9.17) is 32.5 Å². The summed E-state index contributed by atoms with van der Waals surface area (Å²) in [6, 6.07) is 7.36. The van der Waals surface area contributed by atoms with Crippen molar-refractivity contribution in [3.63, 3.8) is 0 Å². The van der Waals surface area contributed by atoms with Crippen LogP contribution in [0.25, 0.3) is 16.5 Å². The fourth-order valence-corrected chi connectivity index (χ4v) is 4.14. The van der Waals surface area contributed by atoms with E-state index in [1.54, 1.807) is 12.3 Å². The molecule has 31 heavy (non-hydrogen) atoms. The van der Waals surface area contributed by atoms with Gasteiger partial charge < -0.3 is 18.9 Å². The van der Waals surface area contributed by atoms with Gasteiger partial charge in [-0.2, -0.15) is 10.2 Å². The maximum Gasteiger partial charge on any atom is 0.173 e. The Hall–Kier alpha value is -2.97. The highest BCUT2D eigenvalue weighted by atomic mass is 35.5. The first-order valence-corrected chi connectivity index (χ1v) is 10.6. The number of benzene rings is 1. The number of alkyl halides is 1. The smallest absolute Gasteiger partial charge is 0.173 e. The van der Waals surface area contributed by atoms with Crippen molar-refractivity contribution in [3.05, 3.63) is 53.7 Å². The lowest BCUT2D eigenvalue weighted by Gasteiger charge is -2.14. The van der Waals surface area contributed by atoms with E-state index in [1.807, 2.05) is 49.8 Å². The van der Waals surface area contributed by atoms with E-state index < -0.39 is 0 Å². The number of fused-ring (bicyclic) bond motifs is 1. The summed E-state index contributed by atoms with van der Waals surface area (Å²) in [6.07, 6.45) is 3.69. The van der Waals surface area contributed by atoms with E-state index in [9.17, 15) is 0 Å². The Bertz CT molecular complexity index is 1210. The molecule has 0 radical (unpaired) electrons. The molecule has 0 amide bonds. The molecule has 0 bridgehead atoms. The summed E-state index contributed by atoms with van der Waals surface area (Å²) >= 11 is 11.5. The monoisotopic (exact) mass is 460 g/mol. The van der Waals surface area contributed by atoms with Gasteiger partial charge in [-0.15, -0.1) is 5.10 Å². The zero-order valence-electron chi connectivity index (χ0n) is 17.4. The summed E-state index contributed by atoms with van der Waals surface area (Å²) in [6.45, 7) is 7.42. The van der Waals surface area contributed by atoms with Crippen LogP contribution in [-0.2, 0) is 6.54 Å². The van der Waals surface area contributed by atoms with Crippen LogP contribution < -0.4 is 14.3 Å². The molecule has 0 spiro atoms. The van der Waals surface area contributed by atoms with Crippen LogP contribution in [0.1, 0.15) is 17.1 Å². The number of rotatable bonds is 8. The maximum absolute atomic E-state index is 5.79. The fourth-order valence-electron chi connectivity index (χ4n) is 3.89. The second-order valence-corrected chi connectivity index (χ2v) is 7.42. The van der Waals surface area contributed by atoms with Gasteiger partial charge in [0.15, 0.2) is 17.6 Å². The molecule has 0 saturated heterocycles. The summed E-state index contributed by atoms with van der Waals surface area (Å²) < 4.78 is 14.4. The predicted molar refractivity (Wildman–Crippen MR) is 122 cm³/mol. The van der Waals surface area contributed by atoms with E-state index in [-0.39, 0.29) is 6.07 Å². The Kier molecular flexibility index (Phi) is 6.20. The minimum Gasteiger partial charge on any atom is -0.478 e. The van der Waals surface area contributed by atoms with E-state index in [1.165, 1.54) is 0 Å². The molecule has 0 unspecified atom stereocenters. The Labute approximate surface area is 189 Å². The molecule has 4 rings (SSSR count). The molecular formula is C21H22Cl2N6O2. The minimum atomic E-state index is 0.0383. The summed E-state index contributed by atoms with van der Waals surface area (Å²) in [5.74, 6) is 1.76. The maximum atomic E-state index is 5.79. The molecule has 8 nitrogen and oxygen atoms in total. The summed E-state index contributed by atoms with van der Waals surface area (Å²) in [4.78, 5) is 0. The van der Waals surface area contributed by atoms with Crippen molar-refractivity contribution in [1.82, 2.24) is 24.5 Å². The molecule has 0 aliphatic heterocycles. The Morgan fingerprint density at radius 2 is 1.90 bits per heavy atom. The van der Waals surface area contributed by atoms with Gasteiger partial charge in [0, 0.05) is 47.2 Å². The van der Waals surface area contributed by atoms with Crippen LogP contribution in [0.3, 0.4) is 0 Å². The number of ether oxygens (including phenoxy) is 1. The van der Waals surface area contributed by atoms with Crippen molar-refractivity contribution >= 4 is 40.1 Å². The molecule has 3 aromatic heterocycles. The van der Waals surface area contributed by atoms with E-state index in [0.29, 0.717) is 18.0 Å². The van der Waals surface area contributed by atoms with Crippen LogP contribution in [0, 0.1) is 20.8 Å². The Balaban J connectivity index is 1.78. The molecule has 0 aliphatic carbocycles. The average molecular weight is 461 g/mol. The number of nitrogens with zero attached hydrogens (tertiary/aromatic N) is 5. The number of nitrogens with one attached hydrogen (secondary N) is 1. The van der Waals surface area contributed by atoms with E-state index >= 15 is 0 Å². The van der Waals surface area contributed by atoms with Crippen LogP contribution in [0.4, 0.5) is 5.82 Å². The highest BCUT2D eigenvalue weighted by molar-refractivity contribution is 6.17. The highest BCUT2D eigenvalue weighted by Gasteiger charge is 2.21. The average Bonchev–Trinajstić information content (AvgIpc) is 3.37. The first-order chi connectivity index (χ1) is 15.0. The molecule has 4 aromatic rings. The molecule has 0 aliphatic rings. The minimum absolute atomic E-state index is 0.0383. The number of hydrogen-bond acceptors (Lipinski definition) is 6. The first-order valence-electron chi connectivity index (χ1n) is 9.73. The van der Waals surface area contributed by atoms with Crippen LogP contribution >= 0.6 is 23.5 Å². The van der Waals surface area contributed by atoms with Crippen molar-refractivity contribution in [2.75, 3.05) is 17.9 Å². The molecule has 10 heteroatoms. The highest BCUT2D eigenvalue weighted by Crippen LogP contribution is 2.38. The van der Waals surface area contributed by atoms with Crippen molar-refractivity contribution in [2.45, 2.75) is 27.3 Å². The molecule has 1 N–H and O–H groups in total. The zero-order valence-corrected chi connectivity index (χ0v) is 18.9. The standard InChI is InChI=1S/C21H22Cl2N6O2/c1-13-19-14(2)29(17-6-5-16(30-12-22)11-18(17)31-23)15(3)20(19)21(27-26-13)24-8-10-28-9-4-7-25-28/h4-7,9,11H,8,10,12H2,1-3H3,(H,24,27). The third kappa shape index (κ3) is 4.00. The topological polar surface area (TPSA) is 79.0 Å². The van der Waals surface area contributed by atoms with Crippen molar-refractivity contribution in [2.24, 2.45) is 0 Å². The summed E-state index contributed by atoms with van der Waals surface area (Å²) in [5, 5.41) is 18.5. The van der Waals surface area contributed by atoms with E-state index in [0.717, 1.165) is 45.9 Å². The number of aromatic nitrogens is 5. The van der Waals surface area contributed by atoms with Crippen LogP contribution in [0.2, 0.25) is 0 Å². The number of halogens is 2. The van der Waals surface area contributed by atoms with Crippen molar-refractivity contribution in [3.8, 4) is 17.2 Å². The van der Waals surface area contributed by atoms with Gasteiger partial charge in [0.2, 0.25) is 0 Å². The van der Waals surface area contributed by atoms with Crippen molar-refractivity contribution < 1.29 is 9.03 Å². The lowest BCUT2D eigenvalue weighted by atomic mass is 10.1. The predicted octanol–water partition coefficient (Wildman–Crippen LogP) is 4.76. The second-order valence-electron chi connectivity index (χ2n) is 7.05. The van der Waals surface area contributed by atoms with E-state index in [2.05, 4.69) is 25.2 Å². The van der Waals surface area contributed by atoms with Gasteiger partial charge in [-0.1, -0.05) is 11.6 Å². The van der Waals surface area contributed by atoms with Gasteiger partial charge in [0.25, 0.3) is 0 Å². The number of aryl methyl sites for hydroxylation is 3. The van der Waals surface area contributed by atoms with Crippen molar-refractivity contribution in [1.29, 1.82) is 0 Å². The third-order valence-corrected chi connectivity index (χ3v) is 5.49. The number of hydrogen-bond donors (Lipinski definition) is 1. The van der Waals surface area contributed by atoms with Gasteiger partial charge >= 0.3 is 0 Å². The number of anilines is 1. The second kappa shape index (κ2) is 9.03. The molecule has 0 fully saturated rings. The molecule has 0 atom stereocenters. The zero-order chi connectivity index (χ0) is 22.0. The first kappa shape index (κ1) is 21.3. The Morgan fingerprint density at radius 1 is 1.10 bits per heavy atom. The largest absolute Gasteiger partial charge is 0.478 e. The lowest BCUT2D eigenvalue weighted by molar-refractivity contribution is 0.386. The normalized spacial score (nSPS) is 11.1. The lowest BCUT2D eigenvalue weighted by Crippen LogP contribution is -2.12. The Morgan fingerprint density at radius 3 is 2.61 bits per heavy atom. The molecule has 0 saturated carbocycles.